The lowest BCUT2D eigenvalue weighted by Crippen LogP contribution is -2.53. The van der Waals surface area contributed by atoms with Gasteiger partial charge in [-0.25, -0.2) is 4.39 Å². The third-order valence-corrected chi connectivity index (χ3v) is 3.33. The predicted octanol–water partition coefficient (Wildman–Crippen LogP) is 1.95. The summed E-state index contributed by atoms with van der Waals surface area (Å²) in [7, 11) is 0. The Kier molecular flexibility index (Phi) is 4.28. The smallest absolute Gasteiger partial charge is 0.265 e. The molecule has 0 aliphatic carbocycles. The van der Waals surface area contributed by atoms with E-state index < -0.39 is 17.6 Å². The van der Waals surface area contributed by atoms with Crippen LogP contribution in [0.25, 0.3) is 6.08 Å². The van der Waals surface area contributed by atoms with Crippen molar-refractivity contribution in [2.75, 3.05) is 6.54 Å². The summed E-state index contributed by atoms with van der Waals surface area (Å²) in [6, 6.07) is 4.49. The fourth-order valence-corrected chi connectivity index (χ4v) is 2.10. The van der Waals surface area contributed by atoms with Crippen LogP contribution in [0.5, 0.6) is 0 Å². The number of hydrogen-bond donors (Lipinski definition) is 1. The van der Waals surface area contributed by atoms with E-state index in [1.807, 2.05) is 0 Å². The molecule has 1 fully saturated rings. The minimum Gasteiger partial charge on any atom is -0.298 e. The van der Waals surface area contributed by atoms with Gasteiger partial charge in [0, 0.05) is 6.54 Å². The van der Waals surface area contributed by atoms with Gasteiger partial charge in [-0.1, -0.05) is 18.2 Å². The Labute approximate surface area is 126 Å². The predicted molar refractivity (Wildman–Crippen MR) is 81.8 cm³/mol. The van der Waals surface area contributed by atoms with Gasteiger partial charge in [-0.3, -0.25) is 19.8 Å². The molecule has 1 heterocycles. The Hall–Kier alpha value is -2.34. The first-order valence-electron chi connectivity index (χ1n) is 6.20. The highest BCUT2D eigenvalue weighted by atomic mass is 32.1. The van der Waals surface area contributed by atoms with E-state index in [1.54, 1.807) is 19.1 Å². The van der Waals surface area contributed by atoms with Crippen LogP contribution in [0.3, 0.4) is 0 Å². The molecular weight excluding hydrogens is 291 g/mol. The van der Waals surface area contributed by atoms with Gasteiger partial charge < -0.3 is 0 Å². The zero-order valence-electron chi connectivity index (χ0n) is 11.4. The van der Waals surface area contributed by atoms with E-state index in [0.717, 1.165) is 0 Å². The number of aryl methyl sites for hydroxylation is 1. The van der Waals surface area contributed by atoms with Gasteiger partial charge in [0.15, 0.2) is 5.11 Å². The van der Waals surface area contributed by atoms with Gasteiger partial charge in [-0.05, 0) is 42.4 Å². The fraction of sp³-hybridized carbons (Fsp3) is 0.133. The van der Waals surface area contributed by atoms with Crippen molar-refractivity contribution in [3.8, 4) is 0 Å². The summed E-state index contributed by atoms with van der Waals surface area (Å²) in [5, 5.41) is 2.47. The molecule has 2 amide bonds. The average Bonchev–Trinajstić information content (AvgIpc) is 2.43. The van der Waals surface area contributed by atoms with Crippen molar-refractivity contribution < 1.29 is 14.0 Å². The Balaban J connectivity index is 2.40. The molecule has 0 radical (unpaired) electrons. The molecule has 1 N–H and O–H groups in total. The first kappa shape index (κ1) is 15.1. The number of nitrogens with one attached hydrogen (secondary N) is 1. The van der Waals surface area contributed by atoms with E-state index in [0.29, 0.717) is 11.1 Å². The van der Waals surface area contributed by atoms with Crippen LogP contribution in [0.1, 0.15) is 11.1 Å². The van der Waals surface area contributed by atoms with E-state index in [4.69, 9.17) is 12.2 Å². The van der Waals surface area contributed by atoms with Crippen molar-refractivity contribution in [1.82, 2.24) is 10.2 Å². The topological polar surface area (TPSA) is 49.4 Å². The molecule has 0 aromatic heterocycles. The number of nitrogens with zero attached hydrogens (tertiary/aromatic N) is 1. The number of benzene rings is 1. The van der Waals surface area contributed by atoms with Gasteiger partial charge in [0.25, 0.3) is 11.8 Å². The molecule has 1 aliphatic rings. The molecule has 0 bridgehead atoms. The maximum absolute atomic E-state index is 13.5. The Bertz CT molecular complexity index is 682. The number of thiocarbonyl (C=S) groups is 1. The van der Waals surface area contributed by atoms with Gasteiger partial charge in [0.05, 0.1) is 0 Å². The minimum absolute atomic E-state index is 0.0390. The summed E-state index contributed by atoms with van der Waals surface area (Å²) >= 11 is 4.94. The zero-order valence-corrected chi connectivity index (χ0v) is 12.2. The first-order valence-corrected chi connectivity index (χ1v) is 6.60. The molecule has 4 nitrogen and oxygen atoms in total. The average molecular weight is 304 g/mol. The molecule has 0 atom stereocenters. The summed E-state index contributed by atoms with van der Waals surface area (Å²) in [5.41, 5.74) is 0.836. The van der Waals surface area contributed by atoms with E-state index in [2.05, 4.69) is 11.9 Å². The quantitative estimate of drug-likeness (QED) is 0.402. The van der Waals surface area contributed by atoms with Crippen LogP contribution < -0.4 is 5.32 Å². The molecule has 0 spiro atoms. The van der Waals surface area contributed by atoms with E-state index in [-0.39, 0.29) is 17.2 Å². The third-order valence-electron chi connectivity index (χ3n) is 3.00. The number of amides is 2. The van der Waals surface area contributed by atoms with Crippen LogP contribution in [0.15, 0.2) is 36.4 Å². The second-order valence-electron chi connectivity index (χ2n) is 4.53. The van der Waals surface area contributed by atoms with Crippen LogP contribution >= 0.6 is 12.2 Å². The van der Waals surface area contributed by atoms with E-state index >= 15 is 0 Å². The van der Waals surface area contributed by atoms with Gasteiger partial charge in [-0.15, -0.1) is 6.58 Å². The van der Waals surface area contributed by atoms with Gasteiger partial charge in [0.1, 0.15) is 11.4 Å². The van der Waals surface area contributed by atoms with Crippen molar-refractivity contribution in [1.29, 1.82) is 0 Å². The summed E-state index contributed by atoms with van der Waals surface area (Å²) < 4.78 is 13.5. The zero-order chi connectivity index (χ0) is 15.6. The van der Waals surface area contributed by atoms with Crippen LogP contribution in [0, 0.1) is 12.7 Å². The lowest BCUT2D eigenvalue weighted by Gasteiger charge is -2.27. The highest BCUT2D eigenvalue weighted by Crippen LogP contribution is 2.16. The number of halogens is 1. The number of carbonyl (C=O) groups is 2. The lowest BCUT2D eigenvalue weighted by atomic mass is 10.1. The second-order valence-corrected chi connectivity index (χ2v) is 4.92. The summed E-state index contributed by atoms with van der Waals surface area (Å²) in [4.78, 5) is 25.4. The maximum Gasteiger partial charge on any atom is 0.265 e. The van der Waals surface area contributed by atoms with Gasteiger partial charge in [0.2, 0.25) is 0 Å². The summed E-state index contributed by atoms with van der Waals surface area (Å²) in [5.74, 6) is -1.51. The molecule has 108 valence electrons. The molecule has 1 aromatic carbocycles. The van der Waals surface area contributed by atoms with Crippen LogP contribution in [0.2, 0.25) is 0 Å². The molecule has 1 aromatic rings. The first-order chi connectivity index (χ1) is 9.93. The standard InChI is InChI=1S/C15H13FN2O2S/c1-3-6-18-14(20)11(13(19)17-15(18)21)7-10-5-4-9(2)12(16)8-10/h3-5,7-8H,1,6H2,2H3,(H,17,19,21)/b11-7+. The van der Waals surface area contributed by atoms with E-state index in [1.165, 1.54) is 23.1 Å². The van der Waals surface area contributed by atoms with Crippen molar-refractivity contribution in [2.24, 2.45) is 0 Å². The Morgan fingerprint density at radius 3 is 2.76 bits per heavy atom. The number of rotatable bonds is 3. The number of hydrogen-bond acceptors (Lipinski definition) is 3. The van der Waals surface area contributed by atoms with Crippen LogP contribution in [0.4, 0.5) is 4.39 Å². The molecule has 21 heavy (non-hydrogen) atoms. The van der Waals surface area contributed by atoms with Gasteiger partial charge >= 0.3 is 0 Å². The largest absolute Gasteiger partial charge is 0.298 e. The lowest BCUT2D eigenvalue weighted by molar-refractivity contribution is -0.128. The SMILES string of the molecule is C=CCN1C(=O)/C(=C/c2ccc(C)c(F)c2)C(=O)NC1=S. The van der Waals surface area contributed by atoms with E-state index in [9.17, 15) is 14.0 Å². The second kappa shape index (κ2) is 5.97. The van der Waals surface area contributed by atoms with Crippen LogP contribution in [-0.2, 0) is 9.59 Å². The molecular formula is C15H13FN2O2S. The number of carbonyl (C=O) groups excluding carboxylic acids is 2. The van der Waals surface area contributed by atoms with Crippen molar-refractivity contribution >= 4 is 35.2 Å². The normalized spacial score (nSPS) is 17.1. The summed E-state index contributed by atoms with van der Waals surface area (Å²) in [6.07, 6.45) is 2.85. The van der Waals surface area contributed by atoms with Crippen LogP contribution in [-0.4, -0.2) is 28.4 Å². The van der Waals surface area contributed by atoms with Crippen molar-refractivity contribution in [3.63, 3.8) is 0 Å². The molecule has 1 saturated heterocycles. The Morgan fingerprint density at radius 2 is 2.14 bits per heavy atom. The molecule has 0 unspecified atom stereocenters. The third kappa shape index (κ3) is 3.05. The Morgan fingerprint density at radius 1 is 1.43 bits per heavy atom. The van der Waals surface area contributed by atoms with Crippen molar-refractivity contribution in [3.05, 3.63) is 53.4 Å². The summed E-state index contributed by atoms with van der Waals surface area (Å²) in [6.45, 7) is 5.36. The van der Waals surface area contributed by atoms with Crippen molar-refractivity contribution in [2.45, 2.75) is 6.92 Å². The molecule has 1 aliphatic heterocycles. The minimum atomic E-state index is -0.591. The molecule has 2 rings (SSSR count). The molecule has 0 saturated carbocycles. The van der Waals surface area contributed by atoms with Gasteiger partial charge in [-0.2, -0.15) is 0 Å². The fourth-order valence-electron chi connectivity index (χ4n) is 1.85. The highest BCUT2D eigenvalue weighted by Gasteiger charge is 2.32. The highest BCUT2D eigenvalue weighted by molar-refractivity contribution is 7.80. The maximum atomic E-state index is 13.5. The monoisotopic (exact) mass is 304 g/mol. The molecule has 6 heteroatoms.